The molecule has 0 radical (unpaired) electrons. The van der Waals surface area contributed by atoms with Crippen LogP contribution in [0.2, 0.25) is 0 Å². The second-order valence-electron chi connectivity index (χ2n) is 3.33. The first-order valence-electron chi connectivity index (χ1n) is 5.10. The van der Waals surface area contributed by atoms with Crippen LogP contribution in [0.3, 0.4) is 0 Å². The van der Waals surface area contributed by atoms with Crippen LogP contribution in [-0.2, 0) is 16.6 Å². The van der Waals surface area contributed by atoms with Gasteiger partial charge in [0, 0.05) is 13.2 Å². The number of ether oxygens (including phenoxy) is 1. The summed E-state index contributed by atoms with van der Waals surface area (Å²) in [7, 11) is 1.82. The van der Waals surface area contributed by atoms with Crippen LogP contribution in [0.15, 0.2) is 12.4 Å². The zero-order valence-electron chi connectivity index (χ0n) is 9.19. The Kier molecular flexibility index (Phi) is 4.66. The Hall–Kier alpha value is -1.52. The Balaban J connectivity index is 2.16. The zero-order valence-corrected chi connectivity index (χ0v) is 9.19. The summed E-state index contributed by atoms with van der Waals surface area (Å²) in [5.41, 5.74) is 0.824. The van der Waals surface area contributed by atoms with Crippen molar-refractivity contribution in [2.24, 2.45) is 7.05 Å². The average molecular weight is 211 g/mol. The van der Waals surface area contributed by atoms with E-state index in [4.69, 9.17) is 4.74 Å². The van der Waals surface area contributed by atoms with Crippen LogP contribution in [0.1, 0.15) is 19.8 Å². The fraction of sp³-hybridized carbons (Fsp3) is 0.600. The summed E-state index contributed by atoms with van der Waals surface area (Å²) in [6, 6.07) is 0. The van der Waals surface area contributed by atoms with Crippen LogP contribution < -0.4 is 5.32 Å². The third kappa shape index (κ3) is 4.49. The van der Waals surface area contributed by atoms with Gasteiger partial charge in [0.2, 0.25) is 0 Å². The van der Waals surface area contributed by atoms with Crippen molar-refractivity contribution in [1.82, 2.24) is 9.78 Å². The van der Waals surface area contributed by atoms with Crippen LogP contribution >= 0.6 is 0 Å². The second kappa shape index (κ2) is 6.06. The Morgan fingerprint density at radius 3 is 3.07 bits per heavy atom. The third-order valence-corrected chi connectivity index (χ3v) is 1.90. The van der Waals surface area contributed by atoms with E-state index in [2.05, 4.69) is 17.3 Å². The molecule has 5 nitrogen and oxygen atoms in total. The molecule has 15 heavy (non-hydrogen) atoms. The number of carbonyl (C=O) groups excluding carboxylic acids is 1. The maximum Gasteiger partial charge on any atom is 0.325 e. The van der Waals surface area contributed by atoms with Crippen molar-refractivity contribution in [3.8, 4) is 0 Å². The highest BCUT2D eigenvalue weighted by molar-refractivity contribution is 5.74. The highest BCUT2D eigenvalue weighted by atomic mass is 16.5. The van der Waals surface area contributed by atoms with Crippen molar-refractivity contribution in [2.45, 2.75) is 19.8 Å². The van der Waals surface area contributed by atoms with Gasteiger partial charge in [-0.1, -0.05) is 13.3 Å². The van der Waals surface area contributed by atoms with Crippen molar-refractivity contribution in [2.75, 3.05) is 18.5 Å². The molecular weight excluding hydrogens is 194 g/mol. The van der Waals surface area contributed by atoms with Gasteiger partial charge in [0.05, 0.1) is 18.5 Å². The van der Waals surface area contributed by atoms with E-state index in [1.54, 1.807) is 17.1 Å². The van der Waals surface area contributed by atoms with Crippen molar-refractivity contribution in [3.05, 3.63) is 12.4 Å². The number of rotatable bonds is 6. The Bertz CT molecular complexity index is 309. The lowest BCUT2D eigenvalue weighted by atomic mass is 10.4. The molecule has 0 saturated carbocycles. The summed E-state index contributed by atoms with van der Waals surface area (Å²) in [6.07, 6.45) is 5.42. The maximum absolute atomic E-state index is 11.2. The van der Waals surface area contributed by atoms with Crippen LogP contribution in [0.25, 0.3) is 0 Å². The van der Waals surface area contributed by atoms with E-state index in [-0.39, 0.29) is 12.5 Å². The van der Waals surface area contributed by atoms with Crippen LogP contribution in [-0.4, -0.2) is 28.9 Å². The molecule has 0 amide bonds. The summed E-state index contributed by atoms with van der Waals surface area (Å²) in [6.45, 7) is 2.75. The molecule has 0 saturated heterocycles. The number of carbonyl (C=O) groups is 1. The molecule has 0 spiro atoms. The van der Waals surface area contributed by atoms with Crippen LogP contribution in [0.4, 0.5) is 5.69 Å². The van der Waals surface area contributed by atoms with E-state index in [0.29, 0.717) is 6.61 Å². The quantitative estimate of drug-likeness (QED) is 0.567. The molecule has 0 aliphatic carbocycles. The minimum atomic E-state index is -0.229. The molecule has 1 heterocycles. The minimum absolute atomic E-state index is 0.190. The Morgan fingerprint density at radius 2 is 2.47 bits per heavy atom. The Morgan fingerprint density at radius 1 is 1.67 bits per heavy atom. The van der Waals surface area contributed by atoms with Crippen molar-refractivity contribution in [3.63, 3.8) is 0 Å². The molecule has 0 bridgehead atoms. The van der Waals surface area contributed by atoms with Gasteiger partial charge in [-0.25, -0.2) is 0 Å². The molecule has 0 unspecified atom stereocenters. The van der Waals surface area contributed by atoms with E-state index in [1.807, 2.05) is 7.05 Å². The van der Waals surface area contributed by atoms with Crippen molar-refractivity contribution >= 4 is 11.7 Å². The number of aromatic nitrogens is 2. The predicted octanol–water partition coefficient (Wildman–Crippen LogP) is 1.18. The average Bonchev–Trinajstić information content (AvgIpc) is 2.62. The molecule has 84 valence electrons. The molecule has 1 aromatic rings. The second-order valence-corrected chi connectivity index (χ2v) is 3.33. The van der Waals surface area contributed by atoms with E-state index in [0.717, 1.165) is 18.5 Å². The largest absolute Gasteiger partial charge is 0.464 e. The molecule has 0 fully saturated rings. The molecule has 0 aliphatic heterocycles. The first-order chi connectivity index (χ1) is 7.22. The highest BCUT2D eigenvalue weighted by Gasteiger charge is 2.02. The van der Waals surface area contributed by atoms with Gasteiger partial charge in [0.1, 0.15) is 6.54 Å². The fourth-order valence-electron chi connectivity index (χ4n) is 1.07. The molecular formula is C10H17N3O2. The molecule has 1 N–H and O–H groups in total. The smallest absolute Gasteiger partial charge is 0.325 e. The lowest BCUT2D eigenvalue weighted by Gasteiger charge is -2.04. The van der Waals surface area contributed by atoms with Gasteiger partial charge in [-0.15, -0.1) is 0 Å². The minimum Gasteiger partial charge on any atom is -0.464 e. The summed E-state index contributed by atoms with van der Waals surface area (Å²) < 4.78 is 6.65. The summed E-state index contributed by atoms with van der Waals surface area (Å²) in [4.78, 5) is 11.2. The number of hydrogen-bond donors (Lipinski definition) is 1. The molecule has 0 atom stereocenters. The SMILES string of the molecule is CCCCOC(=O)CNc1cnn(C)c1. The highest BCUT2D eigenvalue weighted by Crippen LogP contribution is 2.02. The predicted molar refractivity (Wildman–Crippen MR) is 57.6 cm³/mol. The molecule has 1 rings (SSSR count). The van der Waals surface area contributed by atoms with E-state index < -0.39 is 0 Å². The van der Waals surface area contributed by atoms with E-state index in [1.165, 1.54) is 0 Å². The summed E-state index contributed by atoms with van der Waals surface area (Å²) in [5, 5.41) is 6.91. The number of anilines is 1. The fourth-order valence-corrected chi connectivity index (χ4v) is 1.07. The summed E-state index contributed by atoms with van der Waals surface area (Å²) in [5.74, 6) is -0.229. The van der Waals surface area contributed by atoms with Crippen molar-refractivity contribution in [1.29, 1.82) is 0 Å². The van der Waals surface area contributed by atoms with Gasteiger partial charge in [-0.2, -0.15) is 5.10 Å². The van der Waals surface area contributed by atoms with Gasteiger partial charge in [-0.05, 0) is 6.42 Å². The number of nitrogens with one attached hydrogen (secondary N) is 1. The zero-order chi connectivity index (χ0) is 11.1. The molecule has 0 aromatic carbocycles. The molecule has 5 heteroatoms. The lowest BCUT2D eigenvalue weighted by Crippen LogP contribution is -2.17. The van der Waals surface area contributed by atoms with Gasteiger partial charge in [0.15, 0.2) is 0 Å². The maximum atomic E-state index is 11.2. The van der Waals surface area contributed by atoms with Crippen LogP contribution in [0, 0.1) is 0 Å². The first kappa shape index (κ1) is 11.6. The van der Waals surface area contributed by atoms with E-state index >= 15 is 0 Å². The van der Waals surface area contributed by atoms with Gasteiger partial charge in [0.25, 0.3) is 0 Å². The number of unbranched alkanes of at least 4 members (excludes halogenated alkanes) is 1. The summed E-state index contributed by atoms with van der Waals surface area (Å²) >= 11 is 0. The molecule has 1 aromatic heterocycles. The normalized spacial score (nSPS) is 10.0. The third-order valence-electron chi connectivity index (χ3n) is 1.90. The molecule has 0 aliphatic rings. The van der Waals surface area contributed by atoms with E-state index in [9.17, 15) is 4.79 Å². The van der Waals surface area contributed by atoms with Gasteiger partial charge < -0.3 is 10.1 Å². The lowest BCUT2D eigenvalue weighted by molar-refractivity contribution is -0.141. The monoisotopic (exact) mass is 211 g/mol. The number of nitrogens with zero attached hydrogens (tertiary/aromatic N) is 2. The number of aryl methyl sites for hydroxylation is 1. The van der Waals surface area contributed by atoms with Gasteiger partial charge >= 0.3 is 5.97 Å². The topological polar surface area (TPSA) is 56.1 Å². The van der Waals surface area contributed by atoms with Crippen molar-refractivity contribution < 1.29 is 9.53 Å². The first-order valence-corrected chi connectivity index (χ1v) is 5.10. The Labute approximate surface area is 89.4 Å². The number of esters is 1. The number of hydrogen-bond acceptors (Lipinski definition) is 4. The van der Waals surface area contributed by atoms with Gasteiger partial charge in [-0.3, -0.25) is 9.48 Å². The standard InChI is InChI=1S/C10H17N3O2/c1-3-4-5-15-10(14)7-11-9-6-12-13(2)8-9/h6,8,11H,3-5,7H2,1-2H3. The van der Waals surface area contributed by atoms with Crippen LogP contribution in [0.5, 0.6) is 0 Å².